The van der Waals surface area contributed by atoms with E-state index < -0.39 is 24.3 Å². The maximum Gasteiger partial charge on any atom is 0.466 e. The van der Waals surface area contributed by atoms with Crippen LogP contribution in [0.5, 0.6) is 0 Å². The van der Waals surface area contributed by atoms with Crippen LogP contribution in [0.1, 0.15) is 0 Å². The van der Waals surface area contributed by atoms with Crippen molar-refractivity contribution in [1.82, 2.24) is 0 Å². The fourth-order valence-corrected chi connectivity index (χ4v) is 0.0577. The van der Waals surface area contributed by atoms with Crippen molar-refractivity contribution in [3.05, 3.63) is 0 Å². The highest BCUT2D eigenvalue weighted by molar-refractivity contribution is 7.79. The molecular weight excluding hydrogens is 275 g/mol. The first-order valence-electron chi connectivity index (χ1n) is 3.19. The van der Waals surface area contributed by atoms with E-state index in [9.17, 15) is 0 Å². The summed E-state index contributed by atoms with van der Waals surface area (Å²) in [5.74, 6) is 0. The fraction of sp³-hybridized carbons (Fsp3) is 1.00. The molecular formula is C3H13O11PS. The van der Waals surface area contributed by atoms with Crippen LogP contribution in [0.25, 0.3) is 0 Å². The molecule has 0 aromatic carbocycles. The molecule has 0 aromatic heterocycles. The summed E-state index contributed by atoms with van der Waals surface area (Å²) in [6.45, 7) is -0.729. The lowest BCUT2D eigenvalue weighted by atomic mass is 10.4. The lowest BCUT2D eigenvalue weighted by Gasteiger charge is -1.96. The second kappa shape index (κ2) is 10.0. The summed E-state index contributed by atoms with van der Waals surface area (Å²) in [5, 5.41) is 24.0. The van der Waals surface area contributed by atoms with E-state index in [0.717, 1.165) is 0 Å². The van der Waals surface area contributed by atoms with Crippen molar-refractivity contribution in [2.45, 2.75) is 6.10 Å². The molecule has 0 fully saturated rings. The summed E-state index contributed by atoms with van der Waals surface area (Å²) >= 11 is 0. The quantitative estimate of drug-likeness (QED) is 0.186. The first-order valence-corrected chi connectivity index (χ1v) is 6.15. The molecule has 0 rings (SSSR count). The van der Waals surface area contributed by atoms with Crippen LogP contribution < -0.4 is 0 Å². The van der Waals surface area contributed by atoms with Gasteiger partial charge in [0.2, 0.25) is 0 Å². The highest BCUT2D eigenvalue weighted by Gasteiger charge is 2.00. The third kappa shape index (κ3) is 154. The fourth-order valence-electron chi connectivity index (χ4n) is 0.0577. The molecule has 0 aliphatic heterocycles. The largest absolute Gasteiger partial charge is 0.466 e. The second-order valence-electron chi connectivity index (χ2n) is 1.98. The van der Waals surface area contributed by atoms with Crippen molar-refractivity contribution < 1.29 is 52.1 Å². The molecule has 0 aliphatic carbocycles. The number of hydrogen-bond acceptors (Lipinski definition) is 6. The topological polar surface area (TPSA) is 213 Å². The zero-order chi connectivity index (χ0) is 14.0. The molecule has 0 radical (unpaired) electrons. The van der Waals surface area contributed by atoms with Gasteiger partial charge in [0, 0.05) is 0 Å². The molecule has 16 heavy (non-hydrogen) atoms. The third-order valence-electron chi connectivity index (χ3n) is 0.421. The van der Waals surface area contributed by atoms with Crippen LogP contribution >= 0.6 is 7.82 Å². The van der Waals surface area contributed by atoms with Gasteiger partial charge in [0.15, 0.2) is 0 Å². The van der Waals surface area contributed by atoms with Crippen molar-refractivity contribution >= 4 is 18.2 Å². The normalized spacial score (nSPS) is 11.1. The Labute approximate surface area is 90.4 Å². The molecule has 0 amide bonds. The maximum atomic E-state index is 8.88. The first kappa shape index (κ1) is 21.2. The molecule has 0 unspecified atom stereocenters. The highest BCUT2D eigenvalue weighted by Crippen LogP contribution is 2.25. The minimum Gasteiger partial charge on any atom is -0.394 e. The molecule has 0 heterocycles. The molecule has 102 valence electrons. The lowest BCUT2D eigenvalue weighted by Crippen LogP contribution is -2.15. The van der Waals surface area contributed by atoms with E-state index in [1.807, 2.05) is 0 Å². The average Bonchev–Trinajstić information content (AvgIpc) is 1.96. The van der Waals surface area contributed by atoms with Crippen molar-refractivity contribution in [1.29, 1.82) is 0 Å². The van der Waals surface area contributed by atoms with Crippen molar-refractivity contribution in [3.8, 4) is 0 Å². The predicted octanol–water partition coefficient (Wildman–Crippen LogP) is -3.25. The van der Waals surface area contributed by atoms with E-state index in [-0.39, 0.29) is 13.2 Å². The number of hydrogen-bond donors (Lipinski definition) is 8. The van der Waals surface area contributed by atoms with Crippen LogP contribution in [-0.2, 0) is 15.0 Å². The predicted molar refractivity (Wildman–Crippen MR) is 48.6 cm³/mol. The monoisotopic (exact) mass is 288 g/mol. The van der Waals surface area contributed by atoms with Gasteiger partial charge in [0.1, 0.15) is 6.10 Å². The lowest BCUT2D eigenvalue weighted by molar-refractivity contribution is 0.0450. The van der Waals surface area contributed by atoms with Crippen molar-refractivity contribution in [3.63, 3.8) is 0 Å². The Balaban J connectivity index is -0.000000160. The van der Waals surface area contributed by atoms with E-state index in [0.29, 0.717) is 0 Å². The van der Waals surface area contributed by atoms with E-state index in [2.05, 4.69) is 0 Å². The molecule has 11 nitrogen and oxygen atoms in total. The van der Waals surface area contributed by atoms with Gasteiger partial charge in [-0.3, -0.25) is 9.11 Å². The van der Waals surface area contributed by atoms with Gasteiger partial charge >= 0.3 is 18.2 Å². The Morgan fingerprint density at radius 2 is 1.12 bits per heavy atom. The minimum atomic E-state index is -4.67. The van der Waals surface area contributed by atoms with Crippen molar-refractivity contribution in [2.24, 2.45) is 0 Å². The van der Waals surface area contributed by atoms with Crippen molar-refractivity contribution in [2.75, 3.05) is 13.2 Å². The Hall–Kier alpha value is -0.140. The molecule has 0 saturated carbocycles. The van der Waals surface area contributed by atoms with Crippen LogP contribution in [0.15, 0.2) is 0 Å². The Kier molecular flexibility index (Phi) is 13.3. The van der Waals surface area contributed by atoms with Gasteiger partial charge in [-0.25, -0.2) is 4.57 Å². The van der Waals surface area contributed by atoms with Gasteiger partial charge in [-0.15, -0.1) is 0 Å². The standard InChI is InChI=1S/C3H8O3.H3O4P.H2O4S/c4-1-3(6)2-5;2*1-5(2,3)4/h3-6H,1-2H2;(H3,1,2,3,4);(H2,1,2,3,4). The Morgan fingerprint density at radius 3 is 1.12 bits per heavy atom. The van der Waals surface area contributed by atoms with Gasteiger partial charge in [0.05, 0.1) is 13.2 Å². The summed E-state index contributed by atoms with van der Waals surface area (Å²) in [6, 6.07) is 0. The SMILES string of the molecule is O=P(O)(O)O.O=S(=O)(O)O.OCC(O)CO. The summed E-state index contributed by atoms with van der Waals surface area (Å²) in [6.07, 6.45) is -0.954. The van der Waals surface area contributed by atoms with E-state index in [1.165, 1.54) is 0 Å². The summed E-state index contributed by atoms with van der Waals surface area (Å²) in [4.78, 5) is 21.6. The summed E-state index contributed by atoms with van der Waals surface area (Å²) in [7, 11) is -9.31. The molecule has 0 aliphatic rings. The summed E-state index contributed by atoms with van der Waals surface area (Å²) < 4.78 is 40.5. The zero-order valence-corrected chi connectivity index (χ0v) is 9.36. The number of phosphoric acid groups is 1. The van der Waals surface area contributed by atoms with Crippen LogP contribution in [0.3, 0.4) is 0 Å². The molecule has 13 heteroatoms. The zero-order valence-electron chi connectivity index (χ0n) is 7.65. The molecule has 8 N–H and O–H groups in total. The summed E-state index contributed by atoms with van der Waals surface area (Å²) in [5.41, 5.74) is 0. The Bertz CT molecular complexity index is 257. The van der Waals surface area contributed by atoms with Gasteiger partial charge in [-0.2, -0.15) is 8.42 Å². The second-order valence-corrected chi connectivity index (χ2v) is 3.90. The number of rotatable bonds is 2. The van der Waals surface area contributed by atoms with Crippen LogP contribution in [-0.4, -0.2) is 66.8 Å². The molecule has 0 bridgehead atoms. The molecule has 0 atom stereocenters. The van der Waals surface area contributed by atoms with Crippen LogP contribution in [0.2, 0.25) is 0 Å². The van der Waals surface area contributed by atoms with E-state index in [4.69, 9.17) is 52.1 Å². The van der Waals surface area contributed by atoms with E-state index >= 15 is 0 Å². The Morgan fingerprint density at radius 1 is 1.00 bits per heavy atom. The van der Waals surface area contributed by atoms with Gasteiger partial charge in [-0.05, 0) is 0 Å². The molecule has 0 aromatic rings. The van der Waals surface area contributed by atoms with E-state index in [1.54, 1.807) is 0 Å². The first-order chi connectivity index (χ1) is 6.81. The molecule has 0 spiro atoms. The van der Waals surface area contributed by atoms with Gasteiger partial charge in [0.25, 0.3) is 0 Å². The number of aliphatic hydroxyl groups is 3. The number of aliphatic hydroxyl groups excluding tert-OH is 3. The minimum absolute atomic E-state index is 0.365. The highest BCUT2D eigenvalue weighted by atomic mass is 32.3. The van der Waals surface area contributed by atoms with Gasteiger partial charge in [-0.1, -0.05) is 0 Å². The third-order valence-corrected chi connectivity index (χ3v) is 0.421. The average molecular weight is 288 g/mol. The van der Waals surface area contributed by atoms with Crippen LogP contribution in [0, 0.1) is 0 Å². The smallest absolute Gasteiger partial charge is 0.394 e. The maximum absolute atomic E-state index is 8.88. The molecule has 0 saturated heterocycles. The van der Waals surface area contributed by atoms with Gasteiger partial charge < -0.3 is 30.0 Å². The van der Waals surface area contributed by atoms with Crippen LogP contribution in [0.4, 0.5) is 0 Å².